The Labute approximate surface area is 123 Å². The predicted octanol–water partition coefficient (Wildman–Crippen LogP) is 3.15. The molecule has 0 aliphatic carbocycles. The summed E-state index contributed by atoms with van der Waals surface area (Å²) in [5.74, 6) is -0.501. The van der Waals surface area contributed by atoms with Crippen molar-refractivity contribution in [1.82, 2.24) is 0 Å². The second kappa shape index (κ2) is 6.26. The van der Waals surface area contributed by atoms with Gasteiger partial charge in [-0.05, 0) is 31.5 Å². The Hall–Kier alpha value is -2.56. The van der Waals surface area contributed by atoms with Gasteiger partial charge in [-0.2, -0.15) is 0 Å². The van der Waals surface area contributed by atoms with E-state index in [9.17, 15) is 4.39 Å². The minimum absolute atomic E-state index is 0.109. The van der Waals surface area contributed by atoms with Gasteiger partial charge in [0.2, 0.25) is 0 Å². The molecule has 2 aromatic rings. The average molecular weight is 287 g/mol. The highest BCUT2D eigenvalue weighted by atomic mass is 19.1. The van der Waals surface area contributed by atoms with Crippen LogP contribution >= 0.6 is 0 Å². The van der Waals surface area contributed by atoms with Gasteiger partial charge in [0, 0.05) is 23.4 Å². The molecule has 21 heavy (non-hydrogen) atoms. The van der Waals surface area contributed by atoms with Crippen LogP contribution in [0.25, 0.3) is 0 Å². The van der Waals surface area contributed by atoms with Gasteiger partial charge in [-0.15, -0.1) is 0 Å². The van der Waals surface area contributed by atoms with Gasteiger partial charge in [0.15, 0.2) is 5.84 Å². The van der Waals surface area contributed by atoms with E-state index >= 15 is 0 Å². The third kappa shape index (κ3) is 3.51. The van der Waals surface area contributed by atoms with Crippen LogP contribution in [0.3, 0.4) is 0 Å². The van der Waals surface area contributed by atoms with Crippen molar-refractivity contribution < 1.29 is 9.60 Å². The van der Waals surface area contributed by atoms with Crippen molar-refractivity contribution in [2.75, 3.05) is 5.32 Å². The van der Waals surface area contributed by atoms with E-state index < -0.39 is 5.82 Å². The fraction of sp³-hybridized carbons (Fsp3) is 0.188. The molecule has 110 valence electrons. The molecule has 0 unspecified atom stereocenters. The number of nitrogens with two attached hydrogens (primary N) is 1. The van der Waals surface area contributed by atoms with E-state index in [1.807, 2.05) is 26.0 Å². The molecule has 5 heteroatoms. The second-order valence-corrected chi connectivity index (χ2v) is 4.96. The third-order valence-electron chi connectivity index (χ3n) is 3.31. The Morgan fingerprint density at radius 2 is 2.00 bits per heavy atom. The number of hydrogen-bond donors (Lipinski definition) is 3. The van der Waals surface area contributed by atoms with Crippen LogP contribution in [0.1, 0.15) is 22.3 Å². The van der Waals surface area contributed by atoms with Crippen molar-refractivity contribution in [3.8, 4) is 0 Å². The van der Waals surface area contributed by atoms with Gasteiger partial charge in [0.25, 0.3) is 0 Å². The van der Waals surface area contributed by atoms with Crippen LogP contribution < -0.4 is 11.1 Å². The highest BCUT2D eigenvalue weighted by Crippen LogP contribution is 2.18. The van der Waals surface area contributed by atoms with Crippen molar-refractivity contribution in [2.45, 2.75) is 20.4 Å². The first-order valence-electron chi connectivity index (χ1n) is 6.58. The van der Waals surface area contributed by atoms with Crippen LogP contribution in [0.2, 0.25) is 0 Å². The summed E-state index contributed by atoms with van der Waals surface area (Å²) in [4.78, 5) is 0. The van der Waals surface area contributed by atoms with Crippen LogP contribution in [-0.2, 0) is 6.54 Å². The average Bonchev–Trinajstić information content (AvgIpc) is 2.46. The zero-order chi connectivity index (χ0) is 15.4. The molecule has 0 fully saturated rings. The minimum atomic E-state index is -0.392. The number of aryl methyl sites for hydroxylation is 2. The summed E-state index contributed by atoms with van der Waals surface area (Å²) < 4.78 is 14.0. The normalized spacial score (nSPS) is 11.5. The summed E-state index contributed by atoms with van der Waals surface area (Å²) in [6.07, 6.45) is 0. The van der Waals surface area contributed by atoms with Gasteiger partial charge >= 0.3 is 0 Å². The number of benzene rings is 2. The van der Waals surface area contributed by atoms with Crippen LogP contribution in [0, 0.1) is 19.7 Å². The van der Waals surface area contributed by atoms with Crippen molar-refractivity contribution in [2.24, 2.45) is 10.9 Å². The molecule has 0 aliphatic heterocycles. The Bertz CT molecular complexity index is 683. The molecule has 0 bridgehead atoms. The van der Waals surface area contributed by atoms with E-state index in [0.29, 0.717) is 17.7 Å². The molecular weight excluding hydrogens is 269 g/mol. The molecule has 4 nitrogen and oxygen atoms in total. The molecule has 2 rings (SSSR count). The third-order valence-corrected chi connectivity index (χ3v) is 3.31. The lowest BCUT2D eigenvalue weighted by molar-refractivity contribution is 0.318. The standard InChI is InChI=1S/C16H18FN3O/c1-10-3-6-15(11(2)7-10)19-9-13-5-4-12(8-14(13)17)16(18)20-21/h3-8,19,21H,9H2,1-2H3,(H2,18,20). The van der Waals surface area contributed by atoms with E-state index in [4.69, 9.17) is 10.9 Å². The van der Waals surface area contributed by atoms with Crippen molar-refractivity contribution in [3.63, 3.8) is 0 Å². The van der Waals surface area contributed by atoms with Gasteiger partial charge in [-0.1, -0.05) is 35.0 Å². The molecule has 2 aromatic carbocycles. The van der Waals surface area contributed by atoms with Gasteiger partial charge in [-0.3, -0.25) is 0 Å². The first kappa shape index (κ1) is 14.8. The fourth-order valence-electron chi connectivity index (χ4n) is 2.11. The summed E-state index contributed by atoms with van der Waals surface area (Å²) in [6.45, 7) is 4.40. The van der Waals surface area contributed by atoms with Crippen LogP contribution in [0.15, 0.2) is 41.6 Å². The highest BCUT2D eigenvalue weighted by Gasteiger charge is 2.07. The fourth-order valence-corrected chi connectivity index (χ4v) is 2.11. The number of nitrogens with zero attached hydrogens (tertiary/aromatic N) is 1. The number of rotatable bonds is 4. The van der Waals surface area contributed by atoms with Crippen molar-refractivity contribution in [1.29, 1.82) is 0 Å². The van der Waals surface area contributed by atoms with Crippen LogP contribution in [-0.4, -0.2) is 11.0 Å². The molecule has 0 spiro atoms. The summed E-state index contributed by atoms with van der Waals surface area (Å²) >= 11 is 0. The lowest BCUT2D eigenvalue weighted by Gasteiger charge is -2.11. The van der Waals surface area contributed by atoms with Crippen LogP contribution in [0.5, 0.6) is 0 Å². The van der Waals surface area contributed by atoms with Gasteiger partial charge < -0.3 is 16.3 Å². The first-order valence-corrected chi connectivity index (χ1v) is 6.58. The van der Waals surface area contributed by atoms with Gasteiger partial charge in [-0.25, -0.2) is 4.39 Å². The number of halogens is 1. The Kier molecular flexibility index (Phi) is 4.42. The summed E-state index contributed by atoms with van der Waals surface area (Å²) in [5.41, 5.74) is 9.57. The maximum atomic E-state index is 14.0. The van der Waals surface area contributed by atoms with Crippen LogP contribution in [0.4, 0.5) is 10.1 Å². The largest absolute Gasteiger partial charge is 0.409 e. The first-order chi connectivity index (χ1) is 10.0. The number of anilines is 1. The predicted molar refractivity (Wildman–Crippen MR) is 82.2 cm³/mol. The van der Waals surface area contributed by atoms with Gasteiger partial charge in [0.1, 0.15) is 5.82 Å². The molecule has 0 saturated heterocycles. The molecule has 0 aromatic heterocycles. The van der Waals surface area contributed by atoms with E-state index in [1.165, 1.54) is 11.6 Å². The SMILES string of the molecule is Cc1ccc(NCc2ccc(C(N)=NO)cc2F)c(C)c1. The molecule has 0 saturated carbocycles. The second-order valence-electron chi connectivity index (χ2n) is 4.96. The molecule has 0 radical (unpaired) electrons. The van der Waals surface area contributed by atoms with Crippen molar-refractivity contribution in [3.05, 3.63) is 64.5 Å². The Morgan fingerprint density at radius 3 is 2.62 bits per heavy atom. The van der Waals surface area contributed by atoms with E-state index in [-0.39, 0.29) is 5.84 Å². The zero-order valence-corrected chi connectivity index (χ0v) is 12.0. The minimum Gasteiger partial charge on any atom is -0.409 e. The number of nitrogens with one attached hydrogen (secondary N) is 1. The Morgan fingerprint density at radius 1 is 1.24 bits per heavy atom. The number of amidine groups is 1. The maximum absolute atomic E-state index is 14.0. The highest BCUT2D eigenvalue weighted by molar-refractivity contribution is 5.97. The Balaban J connectivity index is 2.13. The van der Waals surface area contributed by atoms with E-state index in [0.717, 1.165) is 11.3 Å². The smallest absolute Gasteiger partial charge is 0.170 e. The molecule has 0 aliphatic rings. The molecule has 0 amide bonds. The maximum Gasteiger partial charge on any atom is 0.170 e. The zero-order valence-electron chi connectivity index (χ0n) is 12.0. The monoisotopic (exact) mass is 287 g/mol. The van der Waals surface area contributed by atoms with Gasteiger partial charge in [0.05, 0.1) is 0 Å². The number of oxime groups is 1. The summed E-state index contributed by atoms with van der Waals surface area (Å²) in [7, 11) is 0. The van der Waals surface area contributed by atoms with E-state index in [1.54, 1.807) is 12.1 Å². The lowest BCUT2D eigenvalue weighted by Crippen LogP contribution is -2.14. The summed E-state index contributed by atoms with van der Waals surface area (Å²) in [6, 6.07) is 10.6. The molecule has 0 heterocycles. The van der Waals surface area contributed by atoms with E-state index in [2.05, 4.69) is 16.5 Å². The number of hydrogen-bond acceptors (Lipinski definition) is 3. The molecule has 4 N–H and O–H groups in total. The quantitative estimate of drug-likeness (QED) is 0.350. The molecule has 0 atom stereocenters. The lowest BCUT2D eigenvalue weighted by atomic mass is 10.1. The van der Waals surface area contributed by atoms with Crippen molar-refractivity contribution >= 4 is 11.5 Å². The summed E-state index contributed by atoms with van der Waals surface area (Å²) in [5, 5.41) is 14.6. The topological polar surface area (TPSA) is 70.6 Å². The molecular formula is C16H18FN3O.